The molecule has 2 heterocycles. The largest absolute Gasteiger partial charge is 0.414 e. The first-order valence-corrected chi connectivity index (χ1v) is 12.2. The van der Waals surface area contributed by atoms with Crippen LogP contribution < -0.4 is 11.1 Å². The monoisotopic (exact) mass is 480 g/mol. The first-order valence-electron chi connectivity index (χ1n) is 10.6. The highest BCUT2D eigenvalue weighted by Crippen LogP contribution is 2.28. The number of benzene rings is 2. The normalized spacial score (nSPS) is 11.6. The van der Waals surface area contributed by atoms with Gasteiger partial charge in [0.25, 0.3) is 5.89 Å². The molecule has 4 N–H and O–H groups in total. The lowest BCUT2D eigenvalue weighted by Crippen LogP contribution is -2.08. The molecule has 0 unspecified atom stereocenters. The molecular formula is C23H24N6O4S. The molecule has 0 radical (unpaired) electrons. The number of hydrogen-bond acceptors (Lipinski definition) is 10. The summed E-state index contributed by atoms with van der Waals surface area (Å²) in [5.74, 6) is 0.470. The SMILES string of the molecule is CNCc1ccc(-c2nnc(-c3nc(-c4ccc(S(=O)(=O)CCCO)cc4)cnc3N)o2)cc1. The maximum absolute atomic E-state index is 12.3. The minimum Gasteiger partial charge on any atom is -0.414 e. The molecule has 0 spiro atoms. The Morgan fingerprint density at radius 1 is 1.00 bits per heavy atom. The summed E-state index contributed by atoms with van der Waals surface area (Å²) in [5, 5.41) is 20.2. The van der Waals surface area contributed by atoms with Crippen LogP contribution in [0.4, 0.5) is 5.82 Å². The molecule has 0 aliphatic rings. The van der Waals surface area contributed by atoms with Crippen molar-refractivity contribution in [2.75, 3.05) is 25.1 Å². The molecule has 0 saturated heterocycles. The molecular weight excluding hydrogens is 456 g/mol. The number of sulfone groups is 1. The second-order valence-corrected chi connectivity index (χ2v) is 9.66. The van der Waals surface area contributed by atoms with E-state index >= 15 is 0 Å². The van der Waals surface area contributed by atoms with Gasteiger partial charge in [-0.25, -0.2) is 18.4 Å². The maximum Gasteiger partial charge on any atom is 0.270 e. The summed E-state index contributed by atoms with van der Waals surface area (Å²) in [6, 6.07) is 14.0. The minimum atomic E-state index is -3.46. The standard InChI is InChI=1S/C23H24N6O4S/c1-25-13-15-3-5-17(6-4-15)22-28-29-23(33-22)20-21(24)26-14-19(27-20)16-7-9-18(10-8-16)34(31,32)12-2-11-30/h3-10,14,25,30H,2,11-13H2,1H3,(H2,24,26). The van der Waals surface area contributed by atoms with Gasteiger partial charge in [-0.15, -0.1) is 10.2 Å². The van der Waals surface area contributed by atoms with Gasteiger partial charge in [0.15, 0.2) is 21.3 Å². The van der Waals surface area contributed by atoms with Crippen molar-refractivity contribution in [1.82, 2.24) is 25.5 Å². The minimum absolute atomic E-state index is 0.119. The van der Waals surface area contributed by atoms with Crippen LogP contribution in [0.5, 0.6) is 0 Å². The zero-order valence-corrected chi connectivity index (χ0v) is 19.3. The van der Waals surface area contributed by atoms with Crippen LogP contribution in [0.3, 0.4) is 0 Å². The Morgan fingerprint density at radius 3 is 2.35 bits per heavy atom. The van der Waals surface area contributed by atoms with Gasteiger partial charge in [0, 0.05) is 24.3 Å². The highest BCUT2D eigenvalue weighted by atomic mass is 32.2. The van der Waals surface area contributed by atoms with Crippen molar-refractivity contribution in [1.29, 1.82) is 0 Å². The van der Waals surface area contributed by atoms with E-state index in [9.17, 15) is 8.42 Å². The third-order valence-corrected chi connectivity index (χ3v) is 6.91. The molecule has 2 aromatic heterocycles. The van der Waals surface area contributed by atoms with Crippen molar-refractivity contribution in [2.45, 2.75) is 17.9 Å². The van der Waals surface area contributed by atoms with E-state index in [1.807, 2.05) is 31.3 Å². The Bertz CT molecular complexity index is 1370. The van der Waals surface area contributed by atoms with Crippen LogP contribution in [0.15, 0.2) is 64.0 Å². The summed E-state index contributed by atoms with van der Waals surface area (Å²) in [6.45, 7) is 0.573. The van der Waals surface area contributed by atoms with Crippen LogP contribution in [0.25, 0.3) is 34.3 Å². The van der Waals surface area contributed by atoms with Gasteiger partial charge in [-0.1, -0.05) is 24.3 Å². The Morgan fingerprint density at radius 2 is 1.68 bits per heavy atom. The van der Waals surface area contributed by atoms with Crippen LogP contribution in [-0.4, -0.2) is 53.1 Å². The summed E-state index contributed by atoms with van der Waals surface area (Å²) in [4.78, 5) is 8.89. The fraction of sp³-hybridized carbons (Fsp3) is 0.217. The third kappa shape index (κ3) is 5.11. The van der Waals surface area contributed by atoms with Crippen LogP contribution >= 0.6 is 0 Å². The zero-order chi connectivity index (χ0) is 24.1. The van der Waals surface area contributed by atoms with Gasteiger partial charge in [0.05, 0.1) is 22.5 Å². The van der Waals surface area contributed by atoms with Crippen molar-refractivity contribution in [3.8, 4) is 34.3 Å². The molecule has 4 rings (SSSR count). The molecule has 0 atom stereocenters. The number of nitrogens with one attached hydrogen (secondary N) is 1. The fourth-order valence-electron chi connectivity index (χ4n) is 3.31. The molecule has 0 saturated carbocycles. The lowest BCUT2D eigenvalue weighted by molar-refractivity contribution is 0.295. The van der Waals surface area contributed by atoms with Crippen molar-refractivity contribution < 1.29 is 17.9 Å². The lowest BCUT2D eigenvalue weighted by Gasteiger charge is -2.07. The number of aliphatic hydroxyl groups excluding tert-OH is 1. The number of aliphatic hydroxyl groups is 1. The molecule has 34 heavy (non-hydrogen) atoms. The van der Waals surface area contributed by atoms with E-state index in [-0.39, 0.29) is 41.1 Å². The Kier molecular flexibility index (Phi) is 6.96. The predicted octanol–water partition coefficient (Wildman–Crippen LogP) is 2.32. The maximum atomic E-state index is 12.3. The number of nitrogens with two attached hydrogens (primary N) is 1. The van der Waals surface area contributed by atoms with Crippen LogP contribution in [0, 0.1) is 0 Å². The number of nitrogen functional groups attached to an aromatic ring is 1. The van der Waals surface area contributed by atoms with E-state index in [0.717, 1.165) is 17.7 Å². The van der Waals surface area contributed by atoms with Crippen molar-refractivity contribution in [3.05, 3.63) is 60.3 Å². The summed E-state index contributed by atoms with van der Waals surface area (Å²) >= 11 is 0. The first-order chi connectivity index (χ1) is 16.4. The van der Waals surface area contributed by atoms with Gasteiger partial charge in [0.1, 0.15) is 0 Å². The lowest BCUT2D eigenvalue weighted by atomic mass is 10.1. The molecule has 0 bridgehead atoms. The van der Waals surface area contributed by atoms with E-state index in [4.69, 9.17) is 15.3 Å². The van der Waals surface area contributed by atoms with Gasteiger partial charge >= 0.3 is 0 Å². The molecule has 10 nitrogen and oxygen atoms in total. The fourth-order valence-corrected chi connectivity index (χ4v) is 4.60. The zero-order valence-electron chi connectivity index (χ0n) is 18.5. The molecule has 0 fully saturated rings. The van der Waals surface area contributed by atoms with Gasteiger partial charge < -0.3 is 20.6 Å². The molecule has 176 valence electrons. The second-order valence-electron chi connectivity index (χ2n) is 7.55. The summed E-state index contributed by atoms with van der Waals surface area (Å²) in [6.07, 6.45) is 1.68. The third-order valence-electron chi connectivity index (χ3n) is 5.09. The van der Waals surface area contributed by atoms with E-state index in [2.05, 4.69) is 25.5 Å². The Hall–Kier alpha value is -3.67. The van der Waals surface area contributed by atoms with Crippen LogP contribution in [0.1, 0.15) is 12.0 Å². The van der Waals surface area contributed by atoms with Gasteiger partial charge in [-0.3, -0.25) is 0 Å². The summed E-state index contributed by atoms with van der Waals surface area (Å²) in [5.41, 5.74) is 9.27. The number of hydrogen-bond donors (Lipinski definition) is 3. The van der Waals surface area contributed by atoms with E-state index in [1.54, 1.807) is 12.1 Å². The molecule has 4 aromatic rings. The van der Waals surface area contributed by atoms with E-state index in [0.29, 0.717) is 17.1 Å². The van der Waals surface area contributed by atoms with Gasteiger partial charge in [0.2, 0.25) is 5.89 Å². The summed E-state index contributed by atoms with van der Waals surface area (Å²) < 4.78 is 30.4. The van der Waals surface area contributed by atoms with Gasteiger partial charge in [-0.05, 0) is 43.3 Å². The van der Waals surface area contributed by atoms with Crippen molar-refractivity contribution >= 4 is 15.7 Å². The number of anilines is 1. The van der Waals surface area contributed by atoms with Crippen molar-refractivity contribution in [2.24, 2.45) is 0 Å². The predicted molar refractivity (Wildman–Crippen MR) is 127 cm³/mol. The number of nitrogens with zero attached hydrogens (tertiary/aromatic N) is 4. The second kappa shape index (κ2) is 10.1. The highest BCUT2D eigenvalue weighted by Gasteiger charge is 2.18. The smallest absolute Gasteiger partial charge is 0.270 e. The first kappa shape index (κ1) is 23.5. The molecule has 2 aromatic carbocycles. The summed E-state index contributed by atoms with van der Waals surface area (Å²) in [7, 11) is -1.58. The number of aromatic nitrogens is 4. The van der Waals surface area contributed by atoms with Crippen LogP contribution in [0.2, 0.25) is 0 Å². The average molecular weight is 481 g/mol. The van der Waals surface area contributed by atoms with Gasteiger partial charge in [-0.2, -0.15) is 0 Å². The Labute approximate surface area is 196 Å². The molecule has 0 aliphatic carbocycles. The van der Waals surface area contributed by atoms with E-state index < -0.39 is 9.84 Å². The topological polar surface area (TPSA) is 157 Å². The van der Waals surface area contributed by atoms with E-state index in [1.165, 1.54) is 18.3 Å². The van der Waals surface area contributed by atoms with Crippen molar-refractivity contribution in [3.63, 3.8) is 0 Å². The highest BCUT2D eigenvalue weighted by molar-refractivity contribution is 7.91. The molecule has 0 amide bonds. The van der Waals surface area contributed by atoms with Crippen LogP contribution in [-0.2, 0) is 16.4 Å². The molecule has 0 aliphatic heterocycles. The average Bonchev–Trinajstić information content (AvgIpc) is 3.34. The Balaban J connectivity index is 1.60. The molecule has 11 heteroatoms. The quantitative estimate of drug-likeness (QED) is 0.325. The number of rotatable bonds is 9.